The van der Waals surface area contributed by atoms with Crippen LogP contribution in [-0.4, -0.2) is 32.6 Å². The molecule has 122 valence electrons. The number of esters is 1. The number of methoxy groups -OCH3 is 1. The first-order valence-corrected chi connectivity index (χ1v) is 8.67. The number of aromatic nitrogens is 1. The van der Waals surface area contributed by atoms with Crippen LogP contribution in [0.4, 0.5) is 5.69 Å². The molecular weight excluding hydrogens is 316 g/mol. The summed E-state index contributed by atoms with van der Waals surface area (Å²) in [4.78, 5) is 11.9. The van der Waals surface area contributed by atoms with Crippen molar-refractivity contribution < 1.29 is 17.9 Å². The van der Waals surface area contributed by atoms with E-state index in [-0.39, 0.29) is 10.6 Å². The SMILES string of the molecule is COC(=O)c1cc(S(=O)(=O)N2CCc3ccccc32)c(C)n1C. The van der Waals surface area contributed by atoms with Gasteiger partial charge in [-0.25, -0.2) is 13.2 Å². The van der Waals surface area contributed by atoms with Gasteiger partial charge < -0.3 is 9.30 Å². The number of para-hydroxylation sites is 1. The van der Waals surface area contributed by atoms with Gasteiger partial charge in [-0.3, -0.25) is 4.31 Å². The molecule has 0 radical (unpaired) electrons. The molecule has 0 fully saturated rings. The third-order valence-corrected chi connectivity index (χ3v) is 6.22. The van der Waals surface area contributed by atoms with Gasteiger partial charge in [0.25, 0.3) is 10.0 Å². The summed E-state index contributed by atoms with van der Waals surface area (Å²) in [5, 5.41) is 0. The summed E-state index contributed by atoms with van der Waals surface area (Å²) in [5.74, 6) is -0.557. The second kappa shape index (κ2) is 5.42. The van der Waals surface area contributed by atoms with E-state index in [2.05, 4.69) is 0 Å². The van der Waals surface area contributed by atoms with Crippen LogP contribution in [0.2, 0.25) is 0 Å². The standard InChI is InChI=1S/C16H18N2O4S/c1-11-15(10-14(17(11)2)16(19)22-3)23(20,21)18-9-8-12-6-4-5-7-13(12)18/h4-7,10H,8-9H2,1-3H3. The first-order valence-electron chi connectivity index (χ1n) is 7.23. The summed E-state index contributed by atoms with van der Waals surface area (Å²) >= 11 is 0. The molecule has 0 amide bonds. The number of hydrogen-bond acceptors (Lipinski definition) is 4. The number of anilines is 1. The van der Waals surface area contributed by atoms with E-state index in [4.69, 9.17) is 4.74 Å². The van der Waals surface area contributed by atoms with E-state index < -0.39 is 16.0 Å². The Kier molecular flexibility index (Phi) is 3.68. The van der Waals surface area contributed by atoms with Gasteiger partial charge in [-0.15, -0.1) is 0 Å². The second-order valence-corrected chi connectivity index (χ2v) is 7.32. The molecule has 0 saturated carbocycles. The molecule has 0 saturated heterocycles. The van der Waals surface area contributed by atoms with Crippen molar-refractivity contribution in [2.24, 2.45) is 7.05 Å². The molecule has 1 aliphatic rings. The molecule has 6 nitrogen and oxygen atoms in total. The lowest BCUT2D eigenvalue weighted by Gasteiger charge is -2.19. The number of nitrogens with zero attached hydrogens (tertiary/aromatic N) is 2. The zero-order valence-electron chi connectivity index (χ0n) is 13.2. The largest absolute Gasteiger partial charge is 0.464 e. The molecule has 0 bridgehead atoms. The Bertz CT molecular complexity index is 883. The number of hydrogen-bond donors (Lipinski definition) is 0. The van der Waals surface area contributed by atoms with Gasteiger partial charge in [-0.05, 0) is 31.0 Å². The minimum atomic E-state index is -3.72. The fraction of sp³-hybridized carbons (Fsp3) is 0.312. The lowest BCUT2D eigenvalue weighted by Crippen LogP contribution is -2.29. The predicted octanol–water partition coefficient (Wildman–Crippen LogP) is 1.87. The van der Waals surface area contributed by atoms with Crippen molar-refractivity contribution in [2.45, 2.75) is 18.2 Å². The van der Waals surface area contributed by atoms with Gasteiger partial charge in [0.1, 0.15) is 10.6 Å². The monoisotopic (exact) mass is 334 g/mol. The van der Waals surface area contributed by atoms with E-state index in [1.54, 1.807) is 24.6 Å². The van der Waals surface area contributed by atoms with Crippen LogP contribution < -0.4 is 4.31 Å². The van der Waals surface area contributed by atoms with Gasteiger partial charge in [0.05, 0.1) is 12.8 Å². The third-order valence-electron chi connectivity index (χ3n) is 4.30. The van der Waals surface area contributed by atoms with Crippen molar-refractivity contribution >= 4 is 21.7 Å². The summed E-state index contributed by atoms with van der Waals surface area (Å²) in [7, 11) is -0.797. The quantitative estimate of drug-likeness (QED) is 0.804. The lowest BCUT2D eigenvalue weighted by molar-refractivity contribution is 0.0589. The van der Waals surface area contributed by atoms with Gasteiger partial charge in [-0.1, -0.05) is 18.2 Å². The summed E-state index contributed by atoms with van der Waals surface area (Å²) < 4.78 is 33.8. The van der Waals surface area contributed by atoms with Crippen LogP contribution in [0.1, 0.15) is 21.7 Å². The molecule has 3 rings (SSSR count). The molecule has 1 aromatic heterocycles. The zero-order valence-corrected chi connectivity index (χ0v) is 14.1. The van der Waals surface area contributed by atoms with Crippen LogP contribution in [0.3, 0.4) is 0 Å². The lowest BCUT2D eigenvalue weighted by atomic mass is 10.2. The van der Waals surface area contributed by atoms with Crippen molar-refractivity contribution in [3.63, 3.8) is 0 Å². The Morgan fingerprint density at radius 2 is 1.96 bits per heavy atom. The number of fused-ring (bicyclic) bond motifs is 1. The third kappa shape index (κ3) is 2.31. The normalized spacial score (nSPS) is 14.0. The van der Waals surface area contributed by atoms with E-state index in [9.17, 15) is 13.2 Å². The van der Waals surface area contributed by atoms with Crippen molar-refractivity contribution in [3.05, 3.63) is 47.3 Å². The molecule has 1 aliphatic heterocycles. The van der Waals surface area contributed by atoms with Gasteiger partial charge in [-0.2, -0.15) is 0 Å². The summed E-state index contributed by atoms with van der Waals surface area (Å²) in [6.45, 7) is 2.09. The van der Waals surface area contributed by atoms with Gasteiger partial charge in [0.15, 0.2) is 0 Å². The molecular formula is C16H18N2O4S. The number of carbonyl (C=O) groups is 1. The first-order chi connectivity index (χ1) is 10.9. The van der Waals surface area contributed by atoms with Gasteiger partial charge in [0.2, 0.25) is 0 Å². The summed E-state index contributed by atoms with van der Waals surface area (Å²) in [5.41, 5.74) is 2.44. The summed E-state index contributed by atoms with van der Waals surface area (Å²) in [6, 6.07) is 8.85. The molecule has 2 aromatic rings. The zero-order chi connectivity index (χ0) is 16.8. The average Bonchev–Trinajstić information content (AvgIpc) is 3.10. The second-order valence-electron chi connectivity index (χ2n) is 5.49. The van der Waals surface area contributed by atoms with Crippen LogP contribution >= 0.6 is 0 Å². The Hall–Kier alpha value is -2.28. The van der Waals surface area contributed by atoms with Crippen molar-refractivity contribution in [3.8, 4) is 0 Å². The number of ether oxygens (including phenoxy) is 1. The molecule has 0 N–H and O–H groups in total. The van der Waals surface area contributed by atoms with Gasteiger partial charge in [0, 0.05) is 19.3 Å². The highest BCUT2D eigenvalue weighted by atomic mass is 32.2. The van der Waals surface area contributed by atoms with E-state index in [0.717, 1.165) is 5.56 Å². The molecule has 1 aromatic carbocycles. The number of benzene rings is 1. The van der Waals surface area contributed by atoms with Crippen LogP contribution in [0.5, 0.6) is 0 Å². The average molecular weight is 334 g/mol. The topological polar surface area (TPSA) is 68.6 Å². The van der Waals surface area contributed by atoms with Crippen LogP contribution in [0.25, 0.3) is 0 Å². The Balaban J connectivity index is 2.10. The maximum Gasteiger partial charge on any atom is 0.354 e. The van der Waals surface area contributed by atoms with Crippen molar-refractivity contribution in [1.82, 2.24) is 4.57 Å². The Morgan fingerprint density at radius 1 is 1.26 bits per heavy atom. The molecule has 7 heteroatoms. The number of carbonyl (C=O) groups excluding carboxylic acids is 1. The minimum absolute atomic E-state index is 0.136. The van der Waals surface area contributed by atoms with Crippen LogP contribution in [0, 0.1) is 6.92 Å². The maximum atomic E-state index is 13.1. The van der Waals surface area contributed by atoms with E-state index in [1.807, 2.05) is 18.2 Å². The molecule has 0 unspecified atom stereocenters. The Morgan fingerprint density at radius 3 is 2.65 bits per heavy atom. The highest BCUT2D eigenvalue weighted by Gasteiger charge is 2.34. The molecule has 0 spiro atoms. The minimum Gasteiger partial charge on any atom is -0.464 e. The maximum absolute atomic E-state index is 13.1. The molecule has 0 aliphatic carbocycles. The van der Waals surface area contributed by atoms with E-state index >= 15 is 0 Å². The highest BCUT2D eigenvalue weighted by Crippen LogP contribution is 2.34. The number of rotatable bonds is 3. The van der Waals surface area contributed by atoms with E-state index in [0.29, 0.717) is 24.3 Å². The molecule has 2 heterocycles. The van der Waals surface area contributed by atoms with Crippen molar-refractivity contribution in [1.29, 1.82) is 0 Å². The fourth-order valence-electron chi connectivity index (χ4n) is 2.91. The van der Waals surface area contributed by atoms with E-state index in [1.165, 1.54) is 17.5 Å². The first kappa shape index (κ1) is 15.6. The van der Waals surface area contributed by atoms with Crippen LogP contribution in [0.15, 0.2) is 35.2 Å². The fourth-order valence-corrected chi connectivity index (χ4v) is 4.69. The van der Waals surface area contributed by atoms with Gasteiger partial charge >= 0.3 is 5.97 Å². The summed E-state index contributed by atoms with van der Waals surface area (Å²) in [6.07, 6.45) is 0.686. The number of sulfonamides is 1. The van der Waals surface area contributed by atoms with Crippen molar-refractivity contribution in [2.75, 3.05) is 18.0 Å². The predicted molar refractivity (Wildman–Crippen MR) is 86.2 cm³/mol. The highest BCUT2D eigenvalue weighted by molar-refractivity contribution is 7.93. The smallest absolute Gasteiger partial charge is 0.354 e. The van der Waals surface area contributed by atoms with Crippen LogP contribution in [-0.2, 0) is 28.2 Å². The Labute approximate surface area is 135 Å². The molecule has 0 atom stereocenters. The molecule has 23 heavy (non-hydrogen) atoms.